The van der Waals surface area contributed by atoms with Crippen LogP contribution in [0.2, 0.25) is 0 Å². The van der Waals surface area contributed by atoms with Crippen LogP contribution in [0.1, 0.15) is 49.4 Å². The van der Waals surface area contributed by atoms with Crippen molar-refractivity contribution in [2.24, 2.45) is 18.7 Å². The smallest absolute Gasteiger partial charge is 0.252 e. The van der Waals surface area contributed by atoms with E-state index in [0.29, 0.717) is 17.5 Å². The molecule has 0 aliphatic heterocycles. The summed E-state index contributed by atoms with van der Waals surface area (Å²) in [4.78, 5) is 12.1. The molecule has 7 heteroatoms. The molecule has 3 aromatic rings. The molecule has 3 N–H and O–H groups in total. The van der Waals surface area contributed by atoms with E-state index in [0.717, 1.165) is 28.9 Å². The largest absolute Gasteiger partial charge is 0.380 e. The van der Waals surface area contributed by atoms with Gasteiger partial charge in [-0.25, -0.2) is 4.52 Å². The second kappa shape index (κ2) is 7.06. The zero-order valence-electron chi connectivity index (χ0n) is 15.9. The van der Waals surface area contributed by atoms with Crippen molar-refractivity contribution >= 4 is 17.1 Å². The summed E-state index contributed by atoms with van der Waals surface area (Å²) in [6.45, 7) is 2.22. The lowest BCUT2D eigenvalue weighted by Crippen LogP contribution is -2.26. The van der Waals surface area contributed by atoms with Crippen LogP contribution in [-0.4, -0.2) is 31.3 Å². The van der Waals surface area contributed by atoms with Crippen LogP contribution in [0, 0.1) is 5.92 Å². The summed E-state index contributed by atoms with van der Waals surface area (Å²) >= 11 is 0. The predicted molar refractivity (Wildman–Crippen MR) is 106 cm³/mol. The second-order valence-corrected chi connectivity index (χ2v) is 7.43. The maximum atomic E-state index is 12.1. The molecule has 3 heterocycles. The van der Waals surface area contributed by atoms with Crippen molar-refractivity contribution in [3.8, 4) is 11.3 Å². The number of fused-ring (bicyclic) bond motifs is 1. The van der Waals surface area contributed by atoms with Crippen molar-refractivity contribution in [3.63, 3.8) is 0 Å². The van der Waals surface area contributed by atoms with Gasteiger partial charge in [-0.05, 0) is 37.3 Å². The van der Waals surface area contributed by atoms with Gasteiger partial charge in [0.25, 0.3) is 5.91 Å². The molecule has 0 aromatic carbocycles. The number of nitrogens with one attached hydrogen (secondary N) is 1. The lowest BCUT2D eigenvalue weighted by Gasteiger charge is -2.23. The SMILES string of the molecule is CCCC1CCCC1Nc1c(C(N)=O)cnn2cc(-c3ccnn3C)cc12. The molecular weight excluding hydrogens is 340 g/mol. The van der Waals surface area contributed by atoms with Gasteiger partial charge in [0.15, 0.2) is 0 Å². The Balaban J connectivity index is 1.79. The zero-order chi connectivity index (χ0) is 19.0. The van der Waals surface area contributed by atoms with Crippen molar-refractivity contribution in [2.75, 3.05) is 5.32 Å². The molecule has 2 atom stereocenters. The number of carbonyl (C=O) groups is 1. The van der Waals surface area contributed by atoms with Crippen LogP contribution in [-0.2, 0) is 7.05 Å². The van der Waals surface area contributed by atoms with Gasteiger partial charge in [0.2, 0.25) is 0 Å². The van der Waals surface area contributed by atoms with E-state index in [1.807, 2.05) is 30.1 Å². The molecule has 7 nitrogen and oxygen atoms in total. The van der Waals surface area contributed by atoms with E-state index in [1.165, 1.54) is 25.7 Å². The Hall–Kier alpha value is -2.83. The average molecular weight is 366 g/mol. The molecule has 4 rings (SSSR count). The Morgan fingerprint density at radius 1 is 1.37 bits per heavy atom. The second-order valence-electron chi connectivity index (χ2n) is 7.43. The van der Waals surface area contributed by atoms with Crippen LogP contribution in [0.3, 0.4) is 0 Å². The Labute approximate surface area is 158 Å². The van der Waals surface area contributed by atoms with Gasteiger partial charge in [-0.2, -0.15) is 10.2 Å². The molecule has 1 fully saturated rings. The van der Waals surface area contributed by atoms with Crippen LogP contribution >= 0.6 is 0 Å². The van der Waals surface area contributed by atoms with Crippen LogP contribution in [0.4, 0.5) is 5.69 Å². The van der Waals surface area contributed by atoms with Crippen molar-refractivity contribution in [1.29, 1.82) is 0 Å². The quantitative estimate of drug-likeness (QED) is 0.701. The summed E-state index contributed by atoms with van der Waals surface area (Å²) in [5.74, 6) is 0.177. The number of aromatic nitrogens is 4. The number of hydrogen-bond donors (Lipinski definition) is 2. The van der Waals surface area contributed by atoms with Crippen LogP contribution in [0.25, 0.3) is 16.8 Å². The fraction of sp³-hybridized carbons (Fsp3) is 0.450. The van der Waals surface area contributed by atoms with E-state index in [9.17, 15) is 4.79 Å². The van der Waals surface area contributed by atoms with Gasteiger partial charge < -0.3 is 11.1 Å². The molecule has 27 heavy (non-hydrogen) atoms. The third-order valence-corrected chi connectivity index (χ3v) is 5.67. The fourth-order valence-electron chi connectivity index (χ4n) is 4.32. The monoisotopic (exact) mass is 366 g/mol. The van der Waals surface area contributed by atoms with Gasteiger partial charge in [-0.15, -0.1) is 0 Å². The van der Waals surface area contributed by atoms with Crippen LogP contribution in [0.15, 0.2) is 30.7 Å². The first-order chi connectivity index (χ1) is 13.1. The van der Waals surface area contributed by atoms with E-state index >= 15 is 0 Å². The Morgan fingerprint density at radius 3 is 2.93 bits per heavy atom. The Bertz CT molecular complexity index is 972. The maximum Gasteiger partial charge on any atom is 0.252 e. The number of rotatable bonds is 6. The first-order valence-corrected chi connectivity index (χ1v) is 9.64. The molecule has 3 aromatic heterocycles. The van der Waals surface area contributed by atoms with Crippen molar-refractivity contribution in [2.45, 2.75) is 45.1 Å². The molecular formula is C20H26N6O. The molecule has 1 saturated carbocycles. The van der Waals surface area contributed by atoms with Gasteiger partial charge in [-0.1, -0.05) is 19.8 Å². The number of primary amides is 1. The molecule has 2 unspecified atom stereocenters. The molecule has 0 saturated heterocycles. The number of anilines is 1. The Morgan fingerprint density at radius 2 is 2.22 bits per heavy atom. The van der Waals surface area contributed by atoms with Crippen LogP contribution in [0.5, 0.6) is 0 Å². The van der Waals surface area contributed by atoms with Gasteiger partial charge in [0.05, 0.1) is 28.7 Å². The van der Waals surface area contributed by atoms with E-state index in [-0.39, 0.29) is 0 Å². The summed E-state index contributed by atoms with van der Waals surface area (Å²) in [6.07, 6.45) is 11.2. The maximum absolute atomic E-state index is 12.1. The lowest BCUT2D eigenvalue weighted by atomic mass is 9.97. The fourth-order valence-corrected chi connectivity index (χ4v) is 4.32. The summed E-state index contributed by atoms with van der Waals surface area (Å²) < 4.78 is 3.63. The molecule has 1 aliphatic rings. The third kappa shape index (κ3) is 3.18. The summed E-state index contributed by atoms with van der Waals surface area (Å²) in [6, 6.07) is 4.37. The Kier molecular flexibility index (Phi) is 4.59. The predicted octanol–water partition coefficient (Wildman–Crippen LogP) is 3.21. The molecule has 0 spiro atoms. The highest BCUT2D eigenvalue weighted by Gasteiger charge is 2.28. The summed E-state index contributed by atoms with van der Waals surface area (Å²) in [7, 11) is 1.91. The number of carbonyl (C=O) groups excluding carboxylic acids is 1. The first-order valence-electron chi connectivity index (χ1n) is 9.64. The highest BCUT2D eigenvalue weighted by molar-refractivity contribution is 6.02. The number of amides is 1. The first kappa shape index (κ1) is 17.6. The lowest BCUT2D eigenvalue weighted by molar-refractivity contribution is 0.100. The number of nitrogens with two attached hydrogens (primary N) is 1. The van der Waals surface area contributed by atoms with E-state index in [1.54, 1.807) is 16.9 Å². The molecule has 0 radical (unpaired) electrons. The minimum atomic E-state index is -0.458. The number of hydrogen-bond acceptors (Lipinski definition) is 4. The standard InChI is InChI=1S/C20H26N6O/c1-3-5-13-6-4-7-16(13)24-19-15(20(21)27)11-23-26-12-14(10-18(19)26)17-8-9-22-25(17)2/h8-13,16,24H,3-7H2,1-2H3,(H2,21,27). The number of nitrogens with zero attached hydrogens (tertiary/aromatic N) is 4. The molecule has 1 amide bonds. The normalized spacial score (nSPS) is 19.6. The molecule has 0 bridgehead atoms. The third-order valence-electron chi connectivity index (χ3n) is 5.67. The van der Waals surface area contributed by atoms with Crippen molar-refractivity contribution < 1.29 is 4.79 Å². The highest BCUT2D eigenvalue weighted by Crippen LogP contribution is 2.35. The van der Waals surface area contributed by atoms with E-state index in [2.05, 4.69) is 22.4 Å². The summed E-state index contributed by atoms with van der Waals surface area (Å²) in [5, 5.41) is 12.3. The molecule has 1 aliphatic carbocycles. The van der Waals surface area contributed by atoms with Gasteiger partial charge >= 0.3 is 0 Å². The van der Waals surface area contributed by atoms with Gasteiger partial charge in [0, 0.05) is 31.0 Å². The van der Waals surface area contributed by atoms with Gasteiger partial charge in [0.1, 0.15) is 0 Å². The number of aryl methyl sites for hydroxylation is 1. The minimum absolute atomic E-state index is 0.365. The van der Waals surface area contributed by atoms with Crippen molar-refractivity contribution in [3.05, 3.63) is 36.3 Å². The summed E-state index contributed by atoms with van der Waals surface area (Å²) in [5.41, 5.74) is 9.76. The van der Waals surface area contributed by atoms with E-state index in [4.69, 9.17) is 5.73 Å². The van der Waals surface area contributed by atoms with Gasteiger partial charge in [-0.3, -0.25) is 9.48 Å². The average Bonchev–Trinajstić information content (AvgIpc) is 3.35. The van der Waals surface area contributed by atoms with E-state index < -0.39 is 5.91 Å². The molecule has 142 valence electrons. The highest BCUT2D eigenvalue weighted by atomic mass is 16.1. The van der Waals surface area contributed by atoms with Crippen molar-refractivity contribution in [1.82, 2.24) is 19.4 Å². The zero-order valence-corrected chi connectivity index (χ0v) is 15.9. The van der Waals surface area contributed by atoms with Crippen LogP contribution < -0.4 is 11.1 Å². The minimum Gasteiger partial charge on any atom is -0.380 e. The topological polar surface area (TPSA) is 90.2 Å².